The Hall–Kier alpha value is -2.88. The van der Waals surface area contributed by atoms with Crippen LogP contribution in [0.1, 0.15) is 54.3 Å². The van der Waals surface area contributed by atoms with E-state index in [1.807, 2.05) is 36.4 Å². The summed E-state index contributed by atoms with van der Waals surface area (Å²) in [7, 11) is 0. The number of nitriles is 1. The van der Waals surface area contributed by atoms with Crippen molar-refractivity contribution >= 4 is 22.2 Å². The molecule has 152 valence electrons. The molecule has 5 rings (SSSR count). The SMILES string of the molecule is N#Cc1ccc(-c2cccc(Nc3nc4c(s3)CCCC4O)c2OC2CCC2)cc1. The molecular formula is C24H23N3O2S. The summed E-state index contributed by atoms with van der Waals surface area (Å²) in [6.45, 7) is 0. The van der Waals surface area contributed by atoms with E-state index in [0.29, 0.717) is 5.56 Å². The van der Waals surface area contributed by atoms with Crippen molar-refractivity contribution in [1.29, 1.82) is 5.26 Å². The van der Waals surface area contributed by atoms with E-state index < -0.39 is 6.10 Å². The van der Waals surface area contributed by atoms with Crippen LogP contribution in [0.5, 0.6) is 5.75 Å². The van der Waals surface area contributed by atoms with Gasteiger partial charge in [-0.15, -0.1) is 11.3 Å². The molecule has 5 nitrogen and oxygen atoms in total. The maximum Gasteiger partial charge on any atom is 0.187 e. The van der Waals surface area contributed by atoms with Crippen molar-refractivity contribution in [2.75, 3.05) is 5.32 Å². The second kappa shape index (κ2) is 8.10. The van der Waals surface area contributed by atoms with Gasteiger partial charge in [0.1, 0.15) is 0 Å². The van der Waals surface area contributed by atoms with Crippen molar-refractivity contribution in [3.8, 4) is 22.9 Å². The van der Waals surface area contributed by atoms with Gasteiger partial charge in [0.05, 0.1) is 35.2 Å². The van der Waals surface area contributed by atoms with Gasteiger partial charge in [-0.2, -0.15) is 5.26 Å². The lowest BCUT2D eigenvalue weighted by atomic mass is 9.95. The predicted octanol–water partition coefficient (Wildman–Crippen LogP) is 5.73. The van der Waals surface area contributed by atoms with Crippen LogP contribution < -0.4 is 10.1 Å². The van der Waals surface area contributed by atoms with Gasteiger partial charge in [0.25, 0.3) is 0 Å². The highest BCUT2D eigenvalue weighted by Gasteiger charge is 2.25. The summed E-state index contributed by atoms with van der Waals surface area (Å²) >= 11 is 1.61. The number of nitrogens with zero attached hydrogens (tertiary/aromatic N) is 2. The van der Waals surface area contributed by atoms with E-state index in [4.69, 9.17) is 10.00 Å². The van der Waals surface area contributed by atoms with Crippen LogP contribution in [-0.2, 0) is 6.42 Å². The summed E-state index contributed by atoms with van der Waals surface area (Å²) in [4.78, 5) is 5.84. The summed E-state index contributed by atoms with van der Waals surface area (Å²) in [5, 5.41) is 23.6. The minimum Gasteiger partial charge on any atom is -0.488 e. The molecule has 0 spiro atoms. The fourth-order valence-corrected chi connectivity index (χ4v) is 5.00. The fourth-order valence-electron chi connectivity index (χ4n) is 3.93. The average molecular weight is 418 g/mol. The normalized spacial score (nSPS) is 18.2. The number of hydrogen-bond acceptors (Lipinski definition) is 6. The first-order valence-electron chi connectivity index (χ1n) is 10.5. The van der Waals surface area contributed by atoms with Crippen molar-refractivity contribution in [2.45, 2.75) is 50.7 Å². The molecule has 1 fully saturated rings. The highest BCUT2D eigenvalue weighted by molar-refractivity contribution is 7.15. The van der Waals surface area contributed by atoms with Crippen LogP contribution in [0.3, 0.4) is 0 Å². The van der Waals surface area contributed by atoms with Crippen LogP contribution in [0.15, 0.2) is 42.5 Å². The Morgan fingerprint density at radius 1 is 1.10 bits per heavy atom. The molecule has 2 aliphatic rings. The largest absolute Gasteiger partial charge is 0.488 e. The van der Waals surface area contributed by atoms with Gasteiger partial charge in [-0.1, -0.05) is 24.3 Å². The molecule has 6 heteroatoms. The van der Waals surface area contributed by atoms with Gasteiger partial charge in [-0.05, 0) is 62.3 Å². The Kier molecular flexibility index (Phi) is 5.16. The van der Waals surface area contributed by atoms with Crippen molar-refractivity contribution in [2.24, 2.45) is 0 Å². The van der Waals surface area contributed by atoms with Crippen molar-refractivity contribution < 1.29 is 9.84 Å². The van der Waals surface area contributed by atoms with Crippen LogP contribution in [0, 0.1) is 11.3 Å². The number of hydrogen-bond donors (Lipinski definition) is 2. The molecule has 0 bridgehead atoms. The lowest BCUT2D eigenvalue weighted by molar-refractivity contribution is 0.122. The van der Waals surface area contributed by atoms with Gasteiger partial charge in [-0.3, -0.25) is 0 Å². The second-order valence-corrected chi connectivity index (χ2v) is 8.99. The molecule has 1 aromatic heterocycles. The highest BCUT2D eigenvalue weighted by Crippen LogP contribution is 2.42. The van der Waals surface area contributed by atoms with Crippen molar-refractivity contribution in [3.63, 3.8) is 0 Å². The Morgan fingerprint density at radius 3 is 2.63 bits per heavy atom. The van der Waals surface area contributed by atoms with Crippen LogP contribution in [0.2, 0.25) is 0 Å². The molecule has 2 aromatic carbocycles. The van der Waals surface area contributed by atoms with Gasteiger partial charge >= 0.3 is 0 Å². The molecule has 0 radical (unpaired) electrons. The standard InChI is InChI=1S/C24H23N3O2S/c25-14-15-10-12-16(13-11-15)18-6-2-7-19(23(18)29-17-4-1-5-17)26-24-27-22-20(28)8-3-9-21(22)30-24/h2,6-7,10-13,17,20,28H,1,3-5,8-9H2,(H,26,27). The number of aliphatic hydroxyl groups excluding tert-OH is 1. The molecule has 1 saturated carbocycles. The molecule has 0 saturated heterocycles. The summed E-state index contributed by atoms with van der Waals surface area (Å²) in [6.07, 6.45) is 5.86. The number of fused-ring (bicyclic) bond motifs is 1. The Labute approximate surface area is 180 Å². The van der Waals surface area contributed by atoms with Crippen LogP contribution in [0.4, 0.5) is 10.8 Å². The minimum absolute atomic E-state index is 0.233. The number of rotatable bonds is 5. The number of nitrogens with one attached hydrogen (secondary N) is 1. The van der Waals surface area contributed by atoms with E-state index in [0.717, 1.165) is 65.5 Å². The quantitative estimate of drug-likeness (QED) is 0.555. The molecule has 1 unspecified atom stereocenters. The molecule has 1 atom stereocenters. The van der Waals surface area contributed by atoms with Gasteiger partial charge < -0.3 is 15.2 Å². The third-order valence-electron chi connectivity index (χ3n) is 5.84. The van der Waals surface area contributed by atoms with Gasteiger partial charge in [0.2, 0.25) is 0 Å². The first kappa shape index (κ1) is 19.1. The number of aromatic nitrogens is 1. The summed E-state index contributed by atoms with van der Waals surface area (Å²) < 4.78 is 6.42. The highest BCUT2D eigenvalue weighted by atomic mass is 32.1. The van der Waals surface area contributed by atoms with Crippen molar-refractivity contribution in [1.82, 2.24) is 4.98 Å². The number of para-hydroxylation sites is 1. The van der Waals surface area contributed by atoms with Crippen LogP contribution >= 0.6 is 11.3 Å². The molecular weight excluding hydrogens is 394 g/mol. The monoisotopic (exact) mass is 417 g/mol. The smallest absolute Gasteiger partial charge is 0.187 e. The maximum atomic E-state index is 10.3. The lowest BCUT2D eigenvalue weighted by Gasteiger charge is -2.29. The molecule has 0 amide bonds. The zero-order valence-electron chi connectivity index (χ0n) is 16.6. The summed E-state index contributed by atoms with van der Waals surface area (Å²) in [6, 6.07) is 15.8. The molecule has 2 N–H and O–H groups in total. The van der Waals surface area contributed by atoms with Crippen LogP contribution in [0.25, 0.3) is 11.1 Å². The Balaban J connectivity index is 1.51. The summed E-state index contributed by atoms with van der Waals surface area (Å²) in [5.41, 5.74) is 4.35. The van der Waals surface area contributed by atoms with Gasteiger partial charge in [0.15, 0.2) is 10.9 Å². The number of thiazole rings is 1. The van der Waals surface area contributed by atoms with E-state index in [2.05, 4.69) is 22.4 Å². The lowest BCUT2D eigenvalue weighted by Crippen LogP contribution is -2.25. The number of aryl methyl sites for hydroxylation is 1. The molecule has 0 aliphatic heterocycles. The molecule has 3 aromatic rings. The third kappa shape index (κ3) is 3.67. The van der Waals surface area contributed by atoms with E-state index in [-0.39, 0.29) is 6.10 Å². The van der Waals surface area contributed by atoms with Crippen LogP contribution in [-0.4, -0.2) is 16.2 Å². The van der Waals surface area contributed by atoms with E-state index >= 15 is 0 Å². The molecule has 1 heterocycles. The number of ether oxygens (including phenoxy) is 1. The predicted molar refractivity (Wildman–Crippen MR) is 118 cm³/mol. The van der Waals surface area contributed by atoms with E-state index in [9.17, 15) is 5.11 Å². The Bertz CT molecular complexity index is 1100. The van der Waals surface area contributed by atoms with Crippen molar-refractivity contribution in [3.05, 3.63) is 58.6 Å². The second-order valence-electron chi connectivity index (χ2n) is 7.90. The maximum absolute atomic E-state index is 10.3. The van der Waals surface area contributed by atoms with Gasteiger partial charge in [-0.25, -0.2) is 4.98 Å². The van der Waals surface area contributed by atoms with E-state index in [1.54, 1.807) is 11.3 Å². The number of benzene rings is 2. The Morgan fingerprint density at radius 2 is 1.93 bits per heavy atom. The fraction of sp³-hybridized carbons (Fsp3) is 0.333. The molecule has 30 heavy (non-hydrogen) atoms. The zero-order valence-corrected chi connectivity index (χ0v) is 17.4. The molecule has 2 aliphatic carbocycles. The first-order valence-corrected chi connectivity index (χ1v) is 11.3. The van der Waals surface area contributed by atoms with E-state index in [1.165, 1.54) is 11.3 Å². The average Bonchev–Trinajstić information content (AvgIpc) is 3.15. The topological polar surface area (TPSA) is 78.2 Å². The summed E-state index contributed by atoms with van der Waals surface area (Å²) in [5.74, 6) is 0.820. The zero-order chi connectivity index (χ0) is 20.5. The first-order chi connectivity index (χ1) is 14.7. The number of aliphatic hydroxyl groups is 1. The third-order valence-corrected chi connectivity index (χ3v) is 6.89. The van der Waals surface area contributed by atoms with Gasteiger partial charge in [0, 0.05) is 10.4 Å². The minimum atomic E-state index is -0.462. The number of anilines is 2.